The summed E-state index contributed by atoms with van der Waals surface area (Å²) in [4.78, 5) is 24.8. The molecule has 1 unspecified atom stereocenters. The van der Waals surface area contributed by atoms with Crippen LogP contribution in [-0.2, 0) is 40.8 Å². The summed E-state index contributed by atoms with van der Waals surface area (Å²) in [6.45, 7) is 1.58. The molecule has 0 aliphatic heterocycles. The summed E-state index contributed by atoms with van der Waals surface area (Å²) in [6.07, 6.45) is 9.64. The van der Waals surface area contributed by atoms with Crippen molar-refractivity contribution in [3.05, 3.63) is 40.7 Å². The molecule has 1 aromatic carbocycles. The highest BCUT2D eigenvalue weighted by atomic mass is 16.5. The molecule has 2 aliphatic carbocycles. The molecule has 1 aromatic heterocycles. The molecule has 2 N–H and O–H groups in total. The van der Waals surface area contributed by atoms with Crippen molar-refractivity contribution < 1.29 is 19.4 Å². The predicted molar refractivity (Wildman–Crippen MR) is 108 cm³/mol. The number of fused-ring (bicyclic) bond motifs is 2. The van der Waals surface area contributed by atoms with Gasteiger partial charge in [0, 0.05) is 12.1 Å². The lowest BCUT2D eigenvalue weighted by atomic mass is 9.95. The number of carboxylic acid groups (broad SMARTS) is 1. The second-order valence-corrected chi connectivity index (χ2v) is 8.19. The third-order valence-electron chi connectivity index (χ3n) is 6.34. The molecule has 4 rings (SSSR count). The van der Waals surface area contributed by atoms with Gasteiger partial charge in [0.25, 0.3) is 0 Å². The number of carboxylic acids is 1. The third kappa shape index (κ3) is 3.50. The van der Waals surface area contributed by atoms with Gasteiger partial charge in [-0.3, -0.25) is 9.48 Å². The van der Waals surface area contributed by atoms with Crippen LogP contribution in [-0.4, -0.2) is 33.9 Å². The van der Waals surface area contributed by atoms with Crippen LogP contribution in [0.15, 0.2) is 18.5 Å². The number of aliphatic carboxylic acids is 1. The number of aryl methyl sites for hydroxylation is 2. The number of nitrogens with one attached hydrogen (secondary N) is 1. The standard InChI is InChI=1S/C22H27N3O4/c1-22(21(27)28,25-13-16(29-2)12-23-25)10-9-19(26)24-20-17-7-3-5-14(17)11-15-6-4-8-18(15)20/h11-13H,3-10H2,1-2H3,(H,24,26)(H,27,28). The summed E-state index contributed by atoms with van der Waals surface area (Å²) in [5.41, 5.74) is 4.94. The SMILES string of the molecule is COc1cnn(C(C)(CCC(=O)Nc2c3c(cc4c2CCC4)CCC3)C(=O)O)c1. The first kappa shape index (κ1) is 19.5. The minimum atomic E-state index is -1.32. The number of aromatic nitrogens is 2. The number of carbonyl (C=O) groups excluding carboxylic acids is 1. The Morgan fingerprint density at radius 1 is 1.21 bits per heavy atom. The second-order valence-electron chi connectivity index (χ2n) is 8.19. The van der Waals surface area contributed by atoms with E-state index in [1.165, 1.54) is 40.2 Å². The van der Waals surface area contributed by atoms with Crippen LogP contribution < -0.4 is 10.1 Å². The van der Waals surface area contributed by atoms with Crippen LogP contribution in [0.1, 0.15) is 54.9 Å². The van der Waals surface area contributed by atoms with E-state index in [1.54, 1.807) is 13.1 Å². The van der Waals surface area contributed by atoms with Gasteiger partial charge in [-0.25, -0.2) is 4.79 Å². The van der Waals surface area contributed by atoms with Crippen molar-refractivity contribution in [2.24, 2.45) is 0 Å². The Hall–Kier alpha value is -2.83. The molecule has 1 heterocycles. The van der Waals surface area contributed by atoms with Crippen molar-refractivity contribution in [1.82, 2.24) is 9.78 Å². The lowest BCUT2D eigenvalue weighted by molar-refractivity contribution is -0.147. The van der Waals surface area contributed by atoms with Crippen LogP contribution in [0.4, 0.5) is 5.69 Å². The van der Waals surface area contributed by atoms with E-state index in [9.17, 15) is 14.7 Å². The zero-order chi connectivity index (χ0) is 20.6. The predicted octanol–water partition coefficient (Wildman–Crippen LogP) is 3.09. The molecule has 29 heavy (non-hydrogen) atoms. The lowest BCUT2D eigenvalue weighted by Gasteiger charge is -2.25. The number of hydrogen-bond acceptors (Lipinski definition) is 4. The fourth-order valence-electron chi connectivity index (χ4n) is 4.53. The Morgan fingerprint density at radius 3 is 2.41 bits per heavy atom. The summed E-state index contributed by atoms with van der Waals surface area (Å²) < 4.78 is 6.46. The maximum atomic E-state index is 12.8. The highest BCUT2D eigenvalue weighted by Gasteiger charge is 2.37. The zero-order valence-electron chi connectivity index (χ0n) is 17.0. The Balaban J connectivity index is 1.51. The first-order valence-corrected chi connectivity index (χ1v) is 10.2. The van der Waals surface area contributed by atoms with Gasteiger partial charge in [0.05, 0.1) is 19.5 Å². The molecule has 2 aliphatic rings. The molecular weight excluding hydrogens is 370 g/mol. The number of rotatable bonds is 7. The molecule has 1 atom stereocenters. The number of ether oxygens (including phenoxy) is 1. The van der Waals surface area contributed by atoms with Crippen molar-refractivity contribution in [2.75, 3.05) is 12.4 Å². The van der Waals surface area contributed by atoms with Crippen LogP contribution in [0.2, 0.25) is 0 Å². The summed E-state index contributed by atoms with van der Waals surface area (Å²) in [5.74, 6) is -0.694. The van der Waals surface area contributed by atoms with Gasteiger partial charge in [-0.05, 0) is 74.1 Å². The van der Waals surface area contributed by atoms with Gasteiger partial charge in [0.2, 0.25) is 5.91 Å². The van der Waals surface area contributed by atoms with Crippen LogP contribution in [0, 0.1) is 0 Å². The van der Waals surface area contributed by atoms with Gasteiger partial charge in [0.15, 0.2) is 11.3 Å². The van der Waals surface area contributed by atoms with Crippen molar-refractivity contribution >= 4 is 17.6 Å². The number of methoxy groups -OCH3 is 1. The van der Waals surface area contributed by atoms with E-state index >= 15 is 0 Å². The average molecular weight is 397 g/mol. The Morgan fingerprint density at radius 2 is 1.86 bits per heavy atom. The highest BCUT2D eigenvalue weighted by Crippen LogP contribution is 2.38. The second kappa shape index (κ2) is 7.54. The molecule has 0 spiro atoms. The first-order chi connectivity index (χ1) is 13.9. The zero-order valence-corrected chi connectivity index (χ0v) is 17.0. The van der Waals surface area contributed by atoms with E-state index in [2.05, 4.69) is 16.5 Å². The highest BCUT2D eigenvalue weighted by molar-refractivity contribution is 5.93. The molecule has 1 amide bonds. The van der Waals surface area contributed by atoms with E-state index in [0.717, 1.165) is 44.2 Å². The van der Waals surface area contributed by atoms with Crippen LogP contribution in [0.3, 0.4) is 0 Å². The van der Waals surface area contributed by atoms with Crippen molar-refractivity contribution in [3.8, 4) is 5.75 Å². The van der Waals surface area contributed by atoms with Gasteiger partial charge in [-0.15, -0.1) is 0 Å². The largest absolute Gasteiger partial charge is 0.493 e. The third-order valence-corrected chi connectivity index (χ3v) is 6.34. The molecule has 0 saturated carbocycles. The van der Waals surface area contributed by atoms with Crippen LogP contribution in [0.25, 0.3) is 0 Å². The molecule has 7 nitrogen and oxygen atoms in total. The maximum Gasteiger partial charge on any atom is 0.331 e. The number of amides is 1. The number of anilines is 1. The fraction of sp³-hybridized carbons (Fsp3) is 0.500. The number of benzene rings is 1. The Bertz CT molecular complexity index is 933. The van der Waals surface area contributed by atoms with E-state index in [0.29, 0.717) is 5.75 Å². The normalized spacial score (nSPS) is 16.8. The molecule has 154 valence electrons. The van der Waals surface area contributed by atoms with E-state index in [1.807, 2.05) is 0 Å². The summed E-state index contributed by atoms with van der Waals surface area (Å²) >= 11 is 0. The van der Waals surface area contributed by atoms with Gasteiger partial charge in [-0.2, -0.15) is 5.10 Å². The average Bonchev–Trinajstić information content (AvgIpc) is 3.45. The summed E-state index contributed by atoms with van der Waals surface area (Å²) in [6, 6.07) is 2.33. The molecule has 0 radical (unpaired) electrons. The lowest BCUT2D eigenvalue weighted by Crippen LogP contribution is -2.40. The number of hydrogen-bond donors (Lipinski definition) is 2. The Labute approximate surface area is 170 Å². The van der Waals surface area contributed by atoms with E-state index in [4.69, 9.17) is 4.74 Å². The topological polar surface area (TPSA) is 93.5 Å². The van der Waals surface area contributed by atoms with Gasteiger partial charge in [-0.1, -0.05) is 6.07 Å². The monoisotopic (exact) mass is 397 g/mol. The first-order valence-electron chi connectivity index (χ1n) is 10.2. The molecule has 0 bridgehead atoms. The smallest absolute Gasteiger partial charge is 0.331 e. The fourth-order valence-corrected chi connectivity index (χ4v) is 4.53. The maximum absolute atomic E-state index is 12.8. The van der Waals surface area contributed by atoms with Crippen LogP contribution in [0.5, 0.6) is 5.75 Å². The summed E-state index contributed by atoms with van der Waals surface area (Å²) in [7, 11) is 1.50. The van der Waals surface area contributed by atoms with Crippen molar-refractivity contribution in [3.63, 3.8) is 0 Å². The van der Waals surface area contributed by atoms with E-state index < -0.39 is 11.5 Å². The molecular formula is C22H27N3O4. The summed E-state index contributed by atoms with van der Waals surface area (Å²) in [5, 5.41) is 17.0. The van der Waals surface area contributed by atoms with Crippen molar-refractivity contribution in [1.29, 1.82) is 0 Å². The molecule has 7 heteroatoms. The minimum absolute atomic E-state index is 0.101. The van der Waals surface area contributed by atoms with Gasteiger partial charge in [0.1, 0.15) is 0 Å². The van der Waals surface area contributed by atoms with E-state index in [-0.39, 0.29) is 18.7 Å². The Kier molecular flexibility index (Phi) is 5.06. The molecule has 0 saturated heterocycles. The minimum Gasteiger partial charge on any atom is -0.493 e. The van der Waals surface area contributed by atoms with Gasteiger partial charge >= 0.3 is 5.97 Å². The van der Waals surface area contributed by atoms with Gasteiger partial charge < -0.3 is 15.2 Å². The van der Waals surface area contributed by atoms with Crippen LogP contribution >= 0.6 is 0 Å². The van der Waals surface area contributed by atoms with Crippen molar-refractivity contribution in [2.45, 2.75) is 63.8 Å². The molecule has 2 aromatic rings. The number of nitrogens with zero attached hydrogens (tertiary/aromatic N) is 2. The quantitative estimate of drug-likeness (QED) is 0.749. The molecule has 0 fully saturated rings. The number of carbonyl (C=O) groups is 2.